The lowest BCUT2D eigenvalue weighted by Crippen LogP contribution is -2.42. The lowest BCUT2D eigenvalue weighted by molar-refractivity contribution is -0.119. The van der Waals surface area contributed by atoms with Crippen LogP contribution in [0.2, 0.25) is 0 Å². The fourth-order valence-electron chi connectivity index (χ4n) is 3.24. The van der Waals surface area contributed by atoms with Crippen molar-refractivity contribution >= 4 is 45.8 Å². The topological polar surface area (TPSA) is 93.1 Å². The number of rotatable bonds is 5. The second kappa shape index (κ2) is 9.37. The number of carbonyl (C=O) groups is 2. The Balaban J connectivity index is 1.60. The Morgan fingerprint density at radius 2 is 1.88 bits per heavy atom. The van der Waals surface area contributed by atoms with E-state index in [1.165, 1.54) is 11.3 Å². The normalized spacial score (nSPS) is 10.8. The summed E-state index contributed by atoms with van der Waals surface area (Å²) in [5.74, 6) is -0.815. The quantitative estimate of drug-likeness (QED) is 0.267. The van der Waals surface area contributed by atoms with Crippen LogP contribution in [0.1, 0.15) is 20.8 Å². The number of para-hydroxylation sites is 1. The molecule has 2 aromatic carbocycles. The van der Waals surface area contributed by atoms with E-state index >= 15 is 0 Å². The first kappa shape index (κ1) is 21.8. The molecule has 0 radical (unpaired) electrons. The highest BCUT2D eigenvalue weighted by atomic mass is 32.2. The average molecular weight is 465 g/mol. The summed E-state index contributed by atoms with van der Waals surface area (Å²) < 4.78 is 1.54. The molecule has 0 unspecified atom stereocenters. The van der Waals surface area contributed by atoms with Gasteiger partial charge in [-0.3, -0.25) is 29.8 Å². The van der Waals surface area contributed by atoms with Crippen molar-refractivity contribution in [3.05, 3.63) is 86.3 Å². The smallest absolute Gasteiger partial charge is 0.272 e. The molecule has 2 aromatic heterocycles. The summed E-state index contributed by atoms with van der Waals surface area (Å²) >= 11 is 2.41. The molecule has 4 rings (SSSR count). The number of benzene rings is 2. The van der Waals surface area contributed by atoms with Crippen molar-refractivity contribution in [2.24, 2.45) is 0 Å². The van der Waals surface area contributed by atoms with Gasteiger partial charge in [0, 0.05) is 0 Å². The third-order valence-corrected chi connectivity index (χ3v) is 6.54. The van der Waals surface area contributed by atoms with Crippen molar-refractivity contribution in [2.75, 3.05) is 5.75 Å². The van der Waals surface area contributed by atoms with Gasteiger partial charge in [-0.1, -0.05) is 47.7 Å². The fraction of sp³-hybridized carbons (Fsp3) is 0.130. The van der Waals surface area contributed by atoms with E-state index in [0.29, 0.717) is 26.6 Å². The average Bonchev–Trinajstić information content (AvgIpc) is 3.32. The molecule has 0 fully saturated rings. The lowest BCUT2D eigenvalue weighted by Gasteiger charge is -2.15. The van der Waals surface area contributed by atoms with Crippen LogP contribution in [0, 0.1) is 13.8 Å². The van der Waals surface area contributed by atoms with Gasteiger partial charge in [0.25, 0.3) is 11.5 Å². The second-order valence-electron chi connectivity index (χ2n) is 7.11. The van der Waals surface area contributed by atoms with Crippen molar-refractivity contribution in [1.82, 2.24) is 20.4 Å². The van der Waals surface area contributed by atoms with Crippen molar-refractivity contribution in [3.8, 4) is 5.69 Å². The summed E-state index contributed by atoms with van der Waals surface area (Å²) in [7, 11) is 0. The second-order valence-corrected chi connectivity index (χ2v) is 9.00. The monoisotopic (exact) mass is 464 g/mol. The van der Waals surface area contributed by atoms with Crippen LogP contribution in [-0.2, 0) is 4.79 Å². The zero-order valence-electron chi connectivity index (χ0n) is 17.4. The maximum atomic E-state index is 13.3. The highest BCUT2D eigenvalue weighted by Crippen LogP contribution is 2.23. The van der Waals surface area contributed by atoms with Crippen LogP contribution in [-0.4, -0.2) is 27.1 Å². The Morgan fingerprint density at radius 1 is 1.06 bits per heavy atom. The minimum atomic E-state index is -0.408. The van der Waals surface area contributed by atoms with E-state index in [2.05, 4.69) is 15.8 Å². The Morgan fingerprint density at radius 3 is 2.62 bits per heavy atom. The van der Waals surface area contributed by atoms with Gasteiger partial charge in [0.1, 0.15) is 0 Å². The molecule has 2 amide bonds. The molecule has 0 aliphatic heterocycles. The summed E-state index contributed by atoms with van der Waals surface area (Å²) in [6.45, 7) is 3.92. The molecular weight excluding hydrogens is 444 g/mol. The van der Waals surface area contributed by atoms with Gasteiger partial charge in [-0.05, 0) is 49.1 Å². The van der Waals surface area contributed by atoms with E-state index in [1.807, 2.05) is 38.1 Å². The van der Waals surface area contributed by atoms with Gasteiger partial charge in [0.15, 0.2) is 5.16 Å². The van der Waals surface area contributed by atoms with Crippen LogP contribution in [0.4, 0.5) is 0 Å². The molecule has 0 saturated heterocycles. The molecule has 2 N–H and O–H groups in total. The number of thiophene rings is 1. The van der Waals surface area contributed by atoms with Crippen LogP contribution in [0.3, 0.4) is 0 Å². The molecule has 0 bridgehead atoms. The zero-order valence-corrected chi connectivity index (χ0v) is 19.0. The van der Waals surface area contributed by atoms with Gasteiger partial charge in [0.05, 0.1) is 27.2 Å². The molecule has 32 heavy (non-hydrogen) atoms. The minimum Gasteiger partial charge on any atom is -0.272 e. The van der Waals surface area contributed by atoms with Crippen LogP contribution in [0.25, 0.3) is 16.6 Å². The first-order valence-electron chi connectivity index (χ1n) is 9.79. The maximum absolute atomic E-state index is 13.3. The first-order chi connectivity index (χ1) is 15.4. The van der Waals surface area contributed by atoms with Gasteiger partial charge < -0.3 is 0 Å². The SMILES string of the molecule is Cc1ccc(-n2c(SCC(=O)NNC(=O)c3cccs3)nc3ccccc3c2=O)c(C)c1. The van der Waals surface area contributed by atoms with Crippen molar-refractivity contribution in [2.45, 2.75) is 19.0 Å². The van der Waals surface area contributed by atoms with Gasteiger partial charge in [0.2, 0.25) is 5.91 Å². The number of thioether (sulfide) groups is 1. The summed E-state index contributed by atoms with van der Waals surface area (Å²) in [6.07, 6.45) is 0. The van der Waals surface area contributed by atoms with Gasteiger partial charge >= 0.3 is 0 Å². The lowest BCUT2D eigenvalue weighted by atomic mass is 10.1. The summed E-state index contributed by atoms with van der Waals surface area (Å²) in [5.41, 5.74) is 7.89. The summed E-state index contributed by atoms with van der Waals surface area (Å²) in [4.78, 5) is 42.8. The number of aromatic nitrogens is 2. The summed E-state index contributed by atoms with van der Waals surface area (Å²) in [5, 5.41) is 2.69. The Kier molecular flexibility index (Phi) is 6.38. The molecule has 4 aromatic rings. The van der Waals surface area contributed by atoms with E-state index < -0.39 is 5.91 Å². The predicted octanol–water partition coefficient (Wildman–Crippen LogP) is 3.62. The first-order valence-corrected chi connectivity index (χ1v) is 11.7. The van der Waals surface area contributed by atoms with Crippen LogP contribution < -0.4 is 16.4 Å². The van der Waals surface area contributed by atoms with Crippen LogP contribution in [0.5, 0.6) is 0 Å². The van der Waals surface area contributed by atoms with E-state index in [1.54, 1.807) is 40.3 Å². The molecule has 2 heterocycles. The van der Waals surface area contributed by atoms with E-state index in [9.17, 15) is 14.4 Å². The summed E-state index contributed by atoms with van der Waals surface area (Å²) in [6, 6.07) is 16.4. The fourth-order valence-corrected chi connectivity index (χ4v) is 4.66. The molecule has 0 atom stereocenters. The predicted molar refractivity (Wildman–Crippen MR) is 127 cm³/mol. The molecule has 0 aliphatic rings. The number of aryl methyl sites for hydroxylation is 2. The number of carbonyl (C=O) groups excluding carboxylic acids is 2. The van der Waals surface area contributed by atoms with E-state index in [0.717, 1.165) is 22.9 Å². The van der Waals surface area contributed by atoms with Gasteiger partial charge in [-0.25, -0.2) is 4.98 Å². The molecule has 162 valence electrons. The van der Waals surface area contributed by atoms with Crippen LogP contribution in [0.15, 0.2) is 69.9 Å². The van der Waals surface area contributed by atoms with Gasteiger partial charge in [-0.15, -0.1) is 11.3 Å². The Bertz CT molecular complexity index is 1360. The number of hydrogen-bond acceptors (Lipinski definition) is 6. The highest BCUT2D eigenvalue weighted by molar-refractivity contribution is 7.99. The third kappa shape index (κ3) is 4.58. The molecule has 0 spiro atoms. The molecule has 0 saturated carbocycles. The largest absolute Gasteiger partial charge is 0.279 e. The maximum Gasteiger partial charge on any atom is 0.279 e. The van der Waals surface area contributed by atoms with E-state index in [-0.39, 0.29) is 17.2 Å². The number of hydrazine groups is 1. The number of nitrogens with one attached hydrogen (secondary N) is 2. The van der Waals surface area contributed by atoms with Gasteiger partial charge in [-0.2, -0.15) is 0 Å². The standard InChI is InChI=1S/C23H20N4O3S2/c1-14-9-10-18(15(2)12-14)27-22(30)16-6-3-4-7-17(16)24-23(27)32-13-20(28)25-26-21(29)19-8-5-11-31-19/h3-12H,13H2,1-2H3,(H,25,28)(H,26,29). The van der Waals surface area contributed by atoms with Crippen molar-refractivity contribution in [3.63, 3.8) is 0 Å². The van der Waals surface area contributed by atoms with Crippen LogP contribution >= 0.6 is 23.1 Å². The minimum absolute atomic E-state index is 0.0274. The Labute approximate surface area is 192 Å². The van der Waals surface area contributed by atoms with Crippen molar-refractivity contribution in [1.29, 1.82) is 0 Å². The number of amides is 2. The molecule has 9 heteroatoms. The molecular formula is C23H20N4O3S2. The zero-order chi connectivity index (χ0) is 22.7. The van der Waals surface area contributed by atoms with Crippen molar-refractivity contribution < 1.29 is 9.59 Å². The highest BCUT2D eigenvalue weighted by Gasteiger charge is 2.16. The molecule has 0 aliphatic carbocycles. The molecule has 7 nitrogen and oxygen atoms in total. The third-order valence-electron chi connectivity index (χ3n) is 4.73. The number of nitrogens with zero attached hydrogens (tertiary/aromatic N) is 2. The number of hydrogen-bond donors (Lipinski definition) is 2. The Hall–Kier alpha value is -3.43. The van der Waals surface area contributed by atoms with E-state index in [4.69, 9.17) is 0 Å². The number of fused-ring (bicyclic) bond motifs is 1.